The van der Waals surface area contributed by atoms with Gasteiger partial charge >= 0.3 is 0 Å². The molecule has 0 radical (unpaired) electrons. The third-order valence-corrected chi connectivity index (χ3v) is 2.20. The van der Waals surface area contributed by atoms with Gasteiger partial charge in [-0.2, -0.15) is 0 Å². The van der Waals surface area contributed by atoms with E-state index in [0.717, 1.165) is 5.92 Å². The predicted octanol–water partition coefficient (Wildman–Crippen LogP) is 2.74. The van der Waals surface area contributed by atoms with Crippen LogP contribution < -0.4 is 0 Å². The van der Waals surface area contributed by atoms with Gasteiger partial charge in [-0.25, -0.2) is 0 Å². The molecule has 0 saturated heterocycles. The average molecular weight is 208 g/mol. The van der Waals surface area contributed by atoms with E-state index in [2.05, 4.69) is 35.6 Å². The van der Waals surface area contributed by atoms with Gasteiger partial charge in [-0.1, -0.05) is 13.0 Å². The highest BCUT2D eigenvalue weighted by Gasteiger charge is 2.06. The monoisotopic (exact) mass is 208 g/mol. The molecule has 0 N–H and O–H groups in total. The Labute approximate surface area is 58.1 Å². The highest BCUT2D eigenvalue weighted by atomic mass is 127. The highest BCUT2D eigenvalue weighted by molar-refractivity contribution is 14.1. The Morgan fingerprint density at radius 1 is 1.86 bits per heavy atom. The van der Waals surface area contributed by atoms with Crippen LogP contribution in [0, 0.1) is 5.92 Å². The maximum absolute atomic E-state index is 2.41. The molecule has 1 heteroatoms. The lowest BCUT2D eigenvalue weighted by Gasteiger charge is -1.89. The zero-order chi connectivity index (χ0) is 5.28. The van der Waals surface area contributed by atoms with Gasteiger partial charge in [0.05, 0.1) is 0 Å². The van der Waals surface area contributed by atoms with E-state index >= 15 is 0 Å². The zero-order valence-electron chi connectivity index (χ0n) is 4.45. The van der Waals surface area contributed by atoms with Crippen LogP contribution in [-0.4, -0.2) is 0 Å². The summed E-state index contributed by atoms with van der Waals surface area (Å²) in [6.07, 6.45) is 5.04. The predicted molar refractivity (Wildman–Crippen MR) is 40.5 cm³/mol. The van der Waals surface area contributed by atoms with E-state index in [4.69, 9.17) is 0 Å². The maximum Gasteiger partial charge on any atom is -0.0131 e. The molecule has 1 atom stereocenters. The van der Waals surface area contributed by atoms with Gasteiger partial charge in [0.1, 0.15) is 0 Å². The standard InChI is InChI=1S/C6H9I/c1-5-2-3-6(7)4-5/h4-5H,2-3H2,1H3. The van der Waals surface area contributed by atoms with Crippen LogP contribution in [0.1, 0.15) is 19.8 Å². The van der Waals surface area contributed by atoms with Gasteiger partial charge in [0.2, 0.25) is 0 Å². The van der Waals surface area contributed by atoms with Crippen LogP contribution in [0.4, 0.5) is 0 Å². The fraction of sp³-hybridized carbons (Fsp3) is 0.667. The van der Waals surface area contributed by atoms with E-state index in [-0.39, 0.29) is 0 Å². The van der Waals surface area contributed by atoms with E-state index in [1.54, 1.807) is 3.58 Å². The number of hydrogen-bond donors (Lipinski definition) is 0. The summed E-state index contributed by atoms with van der Waals surface area (Å²) in [4.78, 5) is 0. The van der Waals surface area contributed by atoms with Gasteiger partial charge < -0.3 is 0 Å². The Kier molecular flexibility index (Phi) is 1.73. The molecule has 1 aliphatic carbocycles. The summed E-state index contributed by atoms with van der Waals surface area (Å²) in [5, 5.41) is 0. The molecule has 0 aromatic carbocycles. The third kappa shape index (κ3) is 1.44. The molecule has 0 fully saturated rings. The molecule has 7 heavy (non-hydrogen) atoms. The lowest BCUT2D eigenvalue weighted by atomic mass is 10.2. The van der Waals surface area contributed by atoms with Crippen molar-refractivity contribution in [1.82, 2.24) is 0 Å². The Bertz CT molecular complexity index is 94.4. The summed E-state index contributed by atoms with van der Waals surface area (Å²) >= 11 is 2.41. The summed E-state index contributed by atoms with van der Waals surface area (Å²) in [6, 6.07) is 0. The molecule has 0 nitrogen and oxygen atoms in total. The van der Waals surface area contributed by atoms with Crippen LogP contribution in [0.2, 0.25) is 0 Å². The second-order valence-electron chi connectivity index (χ2n) is 2.13. The molecule has 0 aliphatic heterocycles. The van der Waals surface area contributed by atoms with Crippen molar-refractivity contribution in [3.8, 4) is 0 Å². The quantitative estimate of drug-likeness (QED) is 0.537. The summed E-state index contributed by atoms with van der Waals surface area (Å²) in [7, 11) is 0. The number of hydrogen-bond acceptors (Lipinski definition) is 0. The first-order chi connectivity index (χ1) is 3.29. The first-order valence-electron chi connectivity index (χ1n) is 2.65. The summed E-state index contributed by atoms with van der Waals surface area (Å²) < 4.78 is 1.55. The van der Waals surface area contributed by atoms with Gasteiger partial charge in [-0.05, 0) is 44.9 Å². The molecule has 1 rings (SSSR count). The molecule has 1 aliphatic rings. The van der Waals surface area contributed by atoms with Crippen molar-refractivity contribution in [2.45, 2.75) is 19.8 Å². The smallest absolute Gasteiger partial charge is 0.0131 e. The van der Waals surface area contributed by atoms with E-state index in [0.29, 0.717) is 0 Å². The van der Waals surface area contributed by atoms with Crippen LogP contribution in [0.15, 0.2) is 9.66 Å². The van der Waals surface area contributed by atoms with Crippen LogP contribution >= 0.6 is 22.6 Å². The topological polar surface area (TPSA) is 0 Å². The van der Waals surface area contributed by atoms with Gasteiger partial charge in [0.15, 0.2) is 0 Å². The molecule has 0 saturated carbocycles. The van der Waals surface area contributed by atoms with Crippen LogP contribution in [0.5, 0.6) is 0 Å². The summed E-state index contributed by atoms with van der Waals surface area (Å²) in [5.74, 6) is 0.854. The van der Waals surface area contributed by atoms with Crippen molar-refractivity contribution in [3.63, 3.8) is 0 Å². The average Bonchev–Trinajstić information content (AvgIpc) is 1.87. The fourth-order valence-corrected chi connectivity index (χ4v) is 1.77. The molecule has 0 spiro atoms. The first-order valence-corrected chi connectivity index (χ1v) is 3.73. The van der Waals surface area contributed by atoms with Crippen molar-refractivity contribution in [2.75, 3.05) is 0 Å². The maximum atomic E-state index is 2.41. The Balaban J connectivity index is 2.50. The van der Waals surface area contributed by atoms with Gasteiger partial charge in [0.25, 0.3) is 0 Å². The largest absolute Gasteiger partial charge is 0.0724 e. The van der Waals surface area contributed by atoms with Crippen molar-refractivity contribution in [1.29, 1.82) is 0 Å². The molecule has 0 aromatic rings. The highest BCUT2D eigenvalue weighted by Crippen LogP contribution is 2.27. The minimum Gasteiger partial charge on any atom is -0.0724 e. The minimum absolute atomic E-state index is 0.854. The Morgan fingerprint density at radius 3 is 2.71 bits per heavy atom. The zero-order valence-corrected chi connectivity index (χ0v) is 6.60. The first kappa shape index (κ1) is 5.60. The summed E-state index contributed by atoms with van der Waals surface area (Å²) in [6.45, 7) is 2.27. The third-order valence-electron chi connectivity index (χ3n) is 1.30. The van der Waals surface area contributed by atoms with E-state index < -0.39 is 0 Å². The number of rotatable bonds is 0. The number of halogens is 1. The van der Waals surface area contributed by atoms with Gasteiger partial charge in [-0.3, -0.25) is 0 Å². The SMILES string of the molecule is CC1C=C(I)CC1. The van der Waals surface area contributed by atoms with Crippen molar-refractivity contribution in [2.24, 2.45) is 5.92 Å². The van der Waals surface area contributed by atoms with E-state index in [1.165, 1.54) is 12.8 Å². The minimum atomic E-state index is 0.854. The van der Waals surface area contributed by atoms with E-state index in [1.807, 2.05) is 0 Å². The molecule has 0 bridgehead atoms. The van der Waals surface area contributed by atoms with E-state index in [9.17, 15) is 0 Å². The molecular formula is C6H9I. The van der Waals surface area contributed by atoms with Crippen LogP contribution in [-0.2, 0) is 0 Å². The number of allylic oxidation sites excluding steroid dienone is 2. The molecule has 40 valence electrons. The molecule has 0 heterocycles. The Hall–Kier alpha value is 0.470. The van der Waals surface area contributed by atoms with Crippen LogP contribution in [0.25, 0.3) is 0 Å². The molecule has 0 amide bonds. The second-order valence-corrected chi connectivity index (χ2v) is 3.52. The second kappa shape index (κ2) is 2.16. The van der Waals surface area contributed by atoms with Gasteiger partial charge in [-0.15, -0.1) is 0 Å². The van der Waals surface area contributed by atoms with Crippen LogP contribution in [0.3, 0.4) is 0 Å². The molecule has 1 unspecified atom stereocenters. The fourth-order valence-electron chi connectivity index (χ4n) is 0.841. The van der Waals surface area contributed by atoms with Crippen molar-refractivity contribution in [3.05, 3.63) is 9.66 Å². The van der Waals surface area contributed by atoms with Crippen molar-refractivity contribution >= 4 is 22.6 Å². The lowest BCUT2D eigenvalue weighted by Crippen LogP contribution is -1.76. The normalized spacial score (nSPS) is 30.6. The molecule has 0 aromatic heterocycles. The Morgan fingerprint density at radius 2 is 2.57 bits per heavy atom. The van der Waals surface area contributed by atoms with Crippen molar-refractivity contribution < 1.29 is 0 Å². The summed E-state index contributed by atoms with van der Waals surface area (Å²) in [5.41, 5.74) is 0. The lowest BCUT2D eigenvalue weighted by molar-refractivity contribution is 0.701. The van der Waals surface area contributed by atoms with Gasteiger partial charge in [0, 0.05) is 0 Å². The molecular weight excluding hydrogens is 199 g/mol.